The maximum absolute atomic E-state index is 11.3. The van der Waals surface area contributed by atoms with Crippen molar-refractivity contribution in [3.8, 4) is 0 Å². The molecule has 1 atom stereocenters. The van der Waals surface area contributed by atoms with E-state index in [0.717, 1.165) is 10.0 Å². The van der Waals surface area contributed by atoms with Crippen molar-refractivity contribution in [1.82, 2.24) is 5.32 Å². The lowest BCUT2D eigenvalue weighted by Crippen LogP contribution is -2.35. The fourth-order valence-corrected chi connectivity index (χ4v) is 1.54. The van der Waals surface area contributed by atoms with E-state index in [1.807, 2.05) is 24.3 Å². The third-order valence-electron chi connectivity index (χ3n) is 2.07. The molecule has 1 aromatic rings. The molecule has 3 N–H and O–H groups in total. The summed E-state index contributed by atoms with van der Waals surface area (Å²) in [5.41, 5.74) is 0.825. The fraction of sp³-hybridized carbons (Fsp3) is 0.167. The molecule has 18 heavy (non-hydrogen) atoms. The Bertz CT molecular complexity index is 473. The number of nitrogens with one attached hydrogen (secondary N) is 1. The molecule has 0 fully saturated rings. The number of halogens is 1. The quantitative estimate of drug-likeness (QED) is 0.708. The highest BCUT2D eigenvalue weighted by Gasteiger charge is 2.12. The molecule has 0 radical (unpaired) electrons. The zero-order valence-corrected chi connectivity index (χ0v) is 10.9. The van der Waals surface area contributed by atoms with Gasteiger partial charge in [0, 0.05) is 10.5 Å². The Balaban J connectivity index is 2.50. The lowest BCUT2D eigenvalue weighted by Gasteiger charge is -2.05. The van der Waals surface area contributed by atoms with Crippen LogP contribution in [0.3, 0.4) is 0 Å². The fourth-order valence-electron chi connectivity index (χ4n) is 1.12. The Labute approximate surface area is 112 Å². The number of carbonyl (C=O) groups is 2. The number of hydrogen-bond acceptors (Lipinski definition) is 3. The molecule has 1 aromatic carbocycles. The van der Waals surface area contributed by atoms with Crippen molar-refractivity contribution in [2.45, 2.75) is 6.10 Å². The van der Waals surface area contributed by atoms with E-state index >= 15 is 0 Å². The average molecular weight is 314 g/mol. The van der Waals surface area contributed by atoms with Gasteiger partial charge in [0.15, 0.2) is 6.10 Å². The number of amides is 1. The van der Waals surface area contributed by atoms with Crippen molar-refractivity contribution < 1.29 is 19.8 Å². The summed E-state index contributed by atoms with van der Waals surface area (Å²) in [7, 11) is 0. The van der Waals surface area contributed by atoms with Gasteiger partial charge in [-0.15, -0.1) is 0 Å². The third-order valence-corrected chi connectivity index (χ3v) is 2.80. The lowest BCUT2D eigenvalue weighted by atomic mass is 10.2. The van der Waals surface area contributed by atoms with Gasteiger partial charge in [-0.05, 0) is 17.7 Å². The van der Waals surface area contributed by atoms with Gasteiger partial charge in [-0.3, -0.25) is 4.79 Å². The van der Waals surface area contributed by atoms with E-state index in [2.05, 4.69) is 21.2 Å². The summed E-state index contributed by atoms with van der Waals surface area (Å²) >= 11 is 3.33. The number of carboxylic acids is 1. The van der Waals surface area contributed by atoms with E-state index in [9.17, 15) is 9.59 Å². The van der Waals surface area contributed by atoms with Gasteiger partial charge in [0.2, 0.25) is 5.91 Å². The highest BCUT2D eigenvalue weighted by atomic mass is 79.9. The molecule has 0 bridgehead atoms. The summed E-state index contributed by atoms with van der Waals surface area (Å²) in [5, 5.41) is 19.7. The van der Waals surface area contributed by atoms with Crippen LogP contribution in [-0.2, 0) is 9.59 Å². The number of hydrogen-bond donors (Lipinski definition) is 3. The molecule has 1 rings (SSSR count). The van der Waals surface area contributed by atoms with Gasteiger partial charge in [0.1, 0.15) is 0 Å². The van der Waals surface area contributed by atoms with Crippen molar-refractivity contribution in [3.63, 3.8) is 0 Å². The van der Waals surface area contributed by atoms with E-state index in [1.54, 1.807) is 6.08 Å². The molecule has 0 aliphatic rings. The van der Waals surface area contributed by atoms with Crippen LogP contribution in [0.15, 0.2) is 34.8 Å². The van der Waals surface area contributed by atoms with Gasteiger partial charge in [-0.1, -0.05) is 34.1 Å². The van der Waals surface area contributed by atoms with Crippen molar-refractivity contribution >= 4 is 33.9 Å². The summed E-state index contributed by atoms with van der Waals surface area (Å²) < 4.78 is 0.847. The Morgan fingerprint density at radius 3 is 2.67 bits per heavy atom. The first kappa shape index (κ1) is 14.4. The van der Waals surface area contributed by atoms with Crippen LogP contribution in [0.5, 0.6) is 0 Å². The maximum atomic E-state index is 11.3. The molecule has 1 amide bonds. The molecule has 0 unspecified atom stereocenters. The van der Waals surface area contributed by atoms with Crippen LogP contribution in [0.4, 0.5) is 0 Å². The molecule has 96 valence electrons. The van der Waals surface area contributed by atoms with Crippen LogP contribution in [0, 0.1) is 0 Å². The van der Waals surface area contributed by atoms with Crippen LogP contribution < -0.4 is 5.32 Å². The minimum absolute atomic E-state index is 0.325. The zero-order valence-electron chi connectivity index (χ0n) is 9.34. The predicted octanol–water partition coefficient (Wildman–Crippen LogP) is 1.02. The first-order valence-corrected chi connectivity index (χ1v) is 5.91. The van der Waals surface area contributed by atoms with Crippen LogP contribution in [0.1, 0.15) is 5.56 Å². The number of aliphatic hydroxyl groups is 1. The van der Waals surface area contributed by atoms with E-state index in [4.69, 9.17) is 10.2 Å². The number of rotatable bonds is 5. The lowest BCUT2D eigenvalue weighted by molar-refractivity contribution is -0.146. The average Bonchev–Trinajstić information content (AvgIpc) is 2.34. The minimum Gasteiger partial charge on any atom is -0.479 e. The van der Waals surface area contributed by atoms with E-state index < -0.39 is 18.0 Å². The molecular formula is C12H12BrNO4. The largest absolute Gasteiger partial charge is 0.479 e. The first-order valence-electron chi connectivity index (χ1n) is 5.12. The van der Waals surface area contributed by atoms with Crippen molar-refractivity contribution in [3.05, 3.63) is 40.4 Å². The van der Waals surface area contributed by atoms with Gasteiger partial charge in [-0.2, -0.15) is 0 Å². The van der Waals surface area contributed by atoms with E-state index in [1.165, 1.54) is 6.08 Å². The highest BCUT2D eigenvalue weighted by Crippen LogP contribution is 2.16. The first-order chi connectivity index (χ1) is 8.50. The van der Waals surface area contributed by atoms with Gasteiger partial charge < -0.3 is 15.5 Å². The van der Waals surface area contributed by atoms with Crippen molar-refractivity contribution in [1.29, 1.82) is 0 Å². The summed E-state index contributed by atoms with van der Waals surface area (Å²) in [4.78, 5) is 21.6. The predicted molar refractivity (Wildman–Crippen MR) is 69.8 cm³/mol. The standard InChI is InChI=1S/C12H12BrNO4/c13-9-4-2-1-3-8(9)5-6-11(16)14-7-10(15)12(17)18/h1-6,10,15H,7H2,(H,14,16)(H,17,18)/b6-5+/t10-/m0/s1. The SMILES string of the molecule is O=C(/C=C/c1ccccc1Br)NC[C@H](O)C(=O)O. The number of benzene rings is 1. The van der Waals surface area contributed by atoms with E-state index in [-0.39, 0.29) is 6.54 Å². The van der Waals surface area contributed by atoms with Crippen LogP contribution in [0.25, 0.3) is 6.08 Å². The second kappa shape index (κ2) is 6.93. The van der Waals surface area contributed by atoms with E-state index in [0.29, 0.717) is 0 Å². The number of aliphatic hydroxyl groups excluding tert-OH is 1. The number of aliphatic carboxylic acids is 1. The second-order valence-electron chi connectivity index (χ2n) is 3.45. The minimum atomic E-state index is -1.59. The Hall–Kier alpha value is -1.66. The summed E-state index contributed by atoms with van der Waals surface area (Å²) in [6.45, 7) is -0.325. The maximum Gasteiger partial charge on any atom is 0.334 e. The normalized spacial score (nSPS) is 12.3. The molecule has 0 aromatic heterocycles. The molecule has 0 spiro atoms. The Morgan fingerprint density at radius 2 is 2.06 bits per heavy atom. The van der Waals surface area contributed by atoms with Gasteiger partial charge >= 0.3 is 5.97 Å². The van der Waals surface area contributed by atoms with Crippen LogP contribution >= 0.6 is 15.9 Å². The molecule has 0 saturated heterocycles. The molecule has 0 heterocycles. The topological polar surface area (TPSA) is 86.6 Å². The molecule has 6 heteroatoms. The van der Waals surface area contributed by atoms with Gasteiger partial charge in [-0.25, -0.2) is 4.79 Å². The Kier molecular flexibility index (Phi) is 5.54. The smallest absolute Gasteiger partial charge is 0.334 e. The molecule has 0 saturated carbocycles. The van der Waals surface area contributed by atoms with Gasteiger partial charge in [0.05, 0.1) is 6.54 Å². The van der Waals surface area contributed by atoms with Gasteiger partial charge in [0.25, 0.3) is 0 Å². The number of carboxylic acid groups (broad SMARTS) is 1. The van der Waals surface area contributed by atoms with Crippen LogP contribution in [0.2, 0.25) is 0 Å². The molecule has 0 aliphatic heterocycles. The molecular weight excluding hydrogens is 302 g/mol. The zero-order chi connectivity index (χ0) is 13.5. The summed E-state index contributed by atoms with van der Waals surface area (Å²) in [6, 6.07) is 7.34. The highest BCUT2D eigenvalue weighted by molar-refractivity contribution is 9.10. The van der Waals surface area contributed by atoms with Crippen LogP contribution in [-0.4, -0.2) is 34.7 Å². The summed E-state index contributed by atoms with van der Waals surface area (Å²) in [6.07, 6.45) is 1.27. The third kappa shape index (κ3) is 4.68. The number of carbonyl (C=O) groups excluding carboxylic acids is 1. The second-order valence-corrected chi connectivity index (χ2v) is 4.31. The monoisotopic (exact) mass is 313 g/mol. The van der Waals surface area contributed by atoms with Crippen molar-refractivity contribution in [2.75, 3.05) is 6.54 Å². The Morgan fingerprint density at radius 1 is 1.39 bits per heavy atom. The molecule has 0 aliphatic carbocycles. The summed E-state index contributed by atoms with van der Waals surface area (Å²) in [5.74, 6) is -1.84. The van der Waals surface area contributed by atoms with Crippen molar-refractivity contribution in [2.24, 2.45) is 0 Å². The molecule has 5 nitrogen and oxygen atoms in total.